The number of piperazine rings is 1. The summed E-state index contributed by atoms with van der Waals surface area (Å²) in [5.74, 6) is -0.517. The SMILES string of the molecule is Cc1ccccc1N1CCN(c2ccc(C(=O)N3CCn4c(nnc4C(N)=O)C3)cc2NC(=O)c2ccco2)CC1. The molecule has 41 heavy (non-hydrogen) atoms. The van der Waals surface area contributed by atoms with Gasteiger partial charge in [-0.2, -0.15) is 0 Å². The Kier molecular flexibility index (Phi) is 6.88. The van der Waals surface area contributed by atoms with Crippen LogP contribution in [0, 0.1) is 6.92 Å². The van der Waals surface area contributed by atoms with E-state index in [2.05, 4.69) is 50.4 Å². The third-order valence-electron chi connectivity index (χ3n) is 7.57. The molecule has 6 rings (SSSR count). The molecule has 4 heterocycles. The van der Waals surface area contributed by atoms with Crippen molar-refractivity contribution in [1.82, 2.24) is 19.7 Å². The third-order valence-corrected chi connectivity index (χ3v) is 7.57. The number of hydrogen-bond acceptors (Lipinski definition) is 8. The fourth-order valence-corrected chi connectivity index (χ4v) is 5.44. The molecular formula is C29H30N8O4. The van der Waals surface area contributed by atoms with Crippen LogP contribution in [0.2, 0.25) is 0 Å². The number of benzene rings is 2. The molecule has 0 atom stereocenters. The summed E-state index contributed by atoms with van der Waals surface area (Å²) in [5, 5.41) is 10.9. The van der Waals surface area contributed by atoms with E-state index < -0.39 is 11.8 Å². The first-order valence-corrected chi connectivity index (χ1v) is 13.4. The van der Waals surface area contributed by atoms with Crippen molar-refractivity contribution in [2.24, 2.45) is 5.73 Å². The lowest BCUT2D eigenvalue weighted by atomic mass is 10.1. The van der Waals surface area contributed by atoms with Crippen LogP contribution in [0.4, 0.5) is 17.1 Å². The van der Waals surface area contributed by atoms with Crippen molar-refractivity contribution in [2.75, 3.05) is 47.8 Å². The maximum Gasteiger partial charge on any atom is 0.291 e. The van der Waals surface area contributed by atoms with Crippen molar-refractivity contribution in [3.8, 4) is 0 Å². The molecule has 0 aliphatic carbocycles. The fraction of sp³-hybridized carbons (Fsp3) is 0.276. The molecule has 0 unspecified atom stereocenters. The summed E-state index contributed by atoms with van der Waals surface area (Å²) in [7, 11) is 0. The molecule has 1 saturated heterocycles. The predicted octanol–water partition coefficient (Wildman–Crippen LogP) is 2.51. The van der Waals surface area contributed by atoms with Crippen LogP contribution < -0.4 is 20.9 Å². The van der Waals surface area contributed by atoms with Crippen LogP contribution in [-0.4, -0.2) is 70.1 Å². The highest BCUT2D eigenvalue weighted by atomic mass is 16.3. The Morgan fingerprint density at radius 1 is 0.878 bits per heavy atom. The number of aromatic nitrogens is 3. The van der Waals surface area contributed by atoms with E-state index in [0.29, 0.717) is 30.2 Å². The Hall–Kier alpha value is -5.13. The Morgan fingerprint density at radius 3 is 2.34 bits per heavy atom. The summed E-state index contributed by atoms with van der Waals surface area (Å²) in [4.78, 5) is 44.4. The number of hydrogen-bond donors (Lipinski definition) is 2. The zero-order valence-electron chi connectivity index (χ0n) is 22.6. The van der Waals surface area contributed by atoms with Gasteiger partial charge in [0.05, 0.1) is 24.2 Å². The second-order valence-corrected chi connectivity index (χ2v) is 10.1. The van der Waals surface area contributed by atoms with Crippen molar-refractivity contribution < 1.29 is 18.8 Å². The van der Waals surface area contributed by atoms with Gasteiger partial charge in [0.1, 0.15) is 0 Å². The van der Waals surface area contributed by atoms with Crippen LogP contribution in [0.3, 0.4) is 0 Å². The maximum atomic E-state index is 13.6. The smallest absolute Gasteiger partial charge is 0.291 e. The zero-order chi connectivity index (χ0) is 28.5. The van der Waals surface area contributed by atoms with E-state index in [0.717, 1.165) is 31.9 Å². The average molecular weight is 555 g/mol. The number of amides is 3. The molecule has 2 aliphatic rings. The topological polar surface area (TPSA) is 143 Å². The lowest BCUT2D eigenvalue weighted by molar-refractivity contribution is 0.0706. The number of aryl methyl sites for hydroxylation is 1. The highest BCUT2D eigenvalue weighted by molar-refractivity contribution is 6.05. The van der Waals surface area contributed by atoms with Gasteiger partial charge in [0, 0.05) is 50.5 Å². The average Bonchev–Trinajstić information content (AvgIpc) is 3.68. The minimum absolute atomic E-state index is 0.0851. The molecule has 0 spiro atoms. The number of fused-ring (bicyclic) bond motifs is 1. The van der Waals surface area contributed by atoms with Gasteiger partial charge in [0.25, 0.3) is 17.7 Å². The number of nitrogens with one attached hydrogen (secondary N) is 1. The Labute approximate surface area is 236 Å². The quantitative estimate of drug-likeness (QED) is 0.370. The number of para-hydroxylation sites is 1. The van der Waals surface area contributed by atoms with Crippen molar-refractivity contribution in [3.63, 3.8) is 0 Å². The van der Waals surface area contributed by atoms with Crippen molar-refractivity contribution in [3.05, 3.63) is 89.4 Å². The highest BCUT2D eigenvalue weighted by Crippen LogP contribution is 2.31. The van der Waals surface area contributed by atoms with Gasteiger partial charge in [-0.15, -0.1) is 10.2 Å². The highest BCUT2D eigenvalue weighted by Gasteiger charge is 2.28. The summed E-state index contributed by atoms with van der Waals surface area (Å²) in [6.07, 6.45) is 1.44. The molecule has 210 valence electrons. The molecule has 0 bridgehead atoms. The van der Waals surface area contributed by atoms with Gasteiger partial charge in [-0.1, -0.05) is 18.2 Å². The number of nitrogens with two attached hydrogens (primary N) is 1. The first-order chi connectivity index (χ1) is 19.9. The molecule has 1 fully saturated rings. The lowest BCUT2D eigenvalue weighted by Gasteiger charge is -2.38. The van der Waals surface area contributed by atoms with Crippen LogP contribution in [-0.2, 0) is 13.1 Å². The molecule has 3 amide bonds. The molecule has 3 N–H and O–H groups in total. The predicted molar refractivity (Wildman–Crippen MR) is 152 cm³/mol. The third kappa shape index (κ3) is 5.11. The summed E-state index contributed by atoms with van der Waals surface area (Å²) < 4.78 is 6.94. The van der Waals surface area contributed by atoms with Crippen molar-refractivity contribution in [1.29, 1.82) is 0 Å². The van der Waals surface area contributed by atoms with Crippen LogP contribution in [0.5, 0.6) is 0 Å². The zero-order valence-corrected chi connectivity index (χ0v) is 22.6. The minimum Gasteiger partial charge on any atom is -0.459 e. The first kappa shape index (κ1) is 26.1. The Morgan fingerprint density at radius 2 is 1.63 bits per heavy atom. The van der Waals surface area contributed by atoms with Gasteiger partial charge in [0.15, 0.2) is 11.6 Å². The van der Waals surface area contributed by atoms with E-state index in [-0.39, 0.29) is 24.0 Å². The number of primary amides is 1. The summed E-state index contributed by atoms with van der Waals surface area (Å²) in [6.45, 7) is 6.15. The van der Waals surface area contributed by atoms with E-state index in [9.17, 15) is 14.4 Å². The molecule has 0 saturated carbocycles. The van der Waals surface area contributed by atoms with Gasteiger partial charge in [-0.25, -0.2) is 0 Å². The molecule has 0 radical (unpaired) electrons. The van der Waals surface area contributed by atoms with E-state index in [1.807, 2.05) is 12.1 Å². The number of anilines is 3. The molecule has 2 aromatic heterocycles. The lowest BCUT2D eigenvalue weighted by Crippen LogP contribution is -2.47. The molecule has 2 aromatic carbocycles. The van der Waals surface area contributed by atoms with Gasteiger partial charge in [0.2, 0.25) is 5.82 Å². The number of rotatable bonds is 6. The van der Waals surface area contributed by atoms with Crippen LogP contribution in [0.1, 0.15) is 42.9 Å². The van der Waals surface area contributed by atoms with Crippen molar-refractivity contribution in [2.45, 2.75) is 20.0 Å². The number of furan rings is 1. The normalized spacial score (nSPS) is 15.0. The van der Waals surface area contributed by atoms with Crippen LogP contribution >= 0.6 is 0 Å². The fourth-order valence-electron chi connectivity index (χ4n) is 5.44. The molecule has 12 heteroatoms. The van der Waals surface area contributed by atoms with E-state index in [4.69, 9.17) is 10.2 Å². The molecule has 2 aliphatic heterocycles. The monoisotopic (exact) mass is 554 g/mol. The van der Waals surface area contributed by atoms with E-state index in [1.54, 1.807) is 33.7 Å². The van der Waals surface area contributed by atoms with Gasteiger partial charge in [-0.3, -0.25) is 14.4 Å². The first-order valence-electron chi connectivity index (χ1n) is 13.4. The second-order valence-electron chi connectivity index (χ2n) is 10.1. The van der Waals surface area contributed by atoms with E-state index in [1.165, 1.54) is 17.5 Å². The standard InChI is InChI=1S/C29H30N8O4/c1-19-5-2-3-6-22(19)34-10-12-35(13-11-34)23-9-8-20(17-21(23)31-28(39)24-7-4-16-41-24)29(40)36-14-15-37-25(18-36)32-33-27(37)26(30)38/h2-9,16-17H,10-15,18H2,1H3,(H2,30,38)(H,31,39). The molecular weight excluding hydrogens is 524 g/mol. The van der Waals surface area contributed by atoms with Gasteiger partial charge >= 0.3 is 0 Å². The largest absolute Gasteiger partial charge is 0.459 e. The number of nitrogens with zero attached hydrogens (tertiary/aromatic N) is 6. The minimum atomic E-state index is -0.657. The summed E-state index contributed by atoms with van der Waals surface area (Å²) in [5.41, 5.74) is 9.62. The van der Waals surface area contributed by atoms with Crippen molar-refractivity contribution >= 4 is 34.8 Å². The Balaban J connectivity index is 1.24. The van der Waals surface area contributed by atoms with Gasteiger partial charge in [-0.05, 0) is 48.9 Å². The van der Waals surface area contributed by atoms with Gasteiger partial charge < -0.3 is 34.7 Å². The number of carbonyl (C=O) groups excluding carboxylic acids is 3. The summed E-state index contributed by atoms with van der Waals surface area (Å²) >= 11 is 0. The maximum absolute atomic E-state index is 13.6. The second kappa shape index (κ2) is 10.8. The molecule has 12 nitrogen and oxygen atoms in total. The van der Waals surface area contributed by atoms with Crippen LogP contribution in [0.15, 0.2) is 65.3 Å². The molecule has 4 aromatic rings. The van der Waals surface area contributed by atoms with E-state index >= 15 is 0 Å². The summed E-state index contributed by atoms with van der Waals surface area (Å²) in [6, 6.07) is 17.0. The Bertz CT molecular complexity index is 1600. The van der Waals surface area contributed by atoms with Crippen LogP contribution in [0.25, 0.3) is 0 Å². The number of carbonyl (C=O) groups is 3.